The number of aromatic nitrogens is 2. The fraction of sp³-hybridized carbons (Fsp3) is 0.714. The molecule has 1 aromatic heterocycles. The number of likely N-dealkylation sites (N-methyl/N-ethyl adjacent to an activating group) is 1. The summed E-state index contributed by atoms with van der Waals surface area (Å²) in [5, 5.41) is 7.22. The molecule has 5 heteroatoms. The number of hydrogen-bond donors (Lipinski definition) is 1. The Morgan fingerprint density at radius 1 is 1.47 bits per heavy atom. The molecule has 5 nitrogen and oxygen atoms in total. The molecular weight excluding hydrogens is 240 g/mol. The maximum absolute atomic E-state index is 12.2. The minimum absolute atomic E-state index is 0.0209. The van der Waals surface area contributed by atoms with Crippen LogP contribution in [0.4, 0.5) is 0 Å². The van der Waals surface area contributed by atoms with Gasteiger partial charge in [-0.1, -0.05) is 12.8 Å². The normalized spacial score (nSPS) is 17.9. The smallest absolute Gasteiger partial charge is 0.269 e. The summed E-state index contributed by atoms with van der Waals surface area (Å²) in [6.07, 6.45) is 6.50. The molecule has 106 valence electrons. The van der Waals surface area contributed by atoms with E-state index in [2.05, 4.69) is 29.4 Å². The van der Waals surface area contributed by atoms with Crippen molar-refractivity contribution in [1.82, 2.24) is 20.0 Å². The highest BCUT2D eigenvalue weighted by Gasteiger charge is 2.36. The van der Waals surface area contributed by atoms with Crippen LogP contribution in [0.3, 0.4) is 0 Å². The van der Waals surface area contributed by atoms with Crippen LogP contribution in [-0.2, 0) is 6.54 Å². The molecule has 0 radical (unpaired) electrons. The highest BCUT2D eigenvalue weighted by Crippen LogP contribution is 2.33. The van der Waals surface area contributed by atoms with E-state index < -0.39 is 0 Å². The van der Waals surface area contributed by atoms with Crippen LogP contribution in [0.1, 0.15) is 43.1 Å². The SMILES string of the molecule is CCn1nccc1C(=O)NCC1(N(C)C)CCCC1. The van der Waals surface area contributed by atoms with Crippen molar-refractivity contribution in [1.29, 1.82) is 0 Å². The molecule has 2 rings (SSSR count). The van der Waals surface area contributed by atoms with E-state index in [1.54, 1.807) is 16.9 Å². The van der Waals surface area contributed by atoms with Crippen molar-refractivity contribution in [2.45, 2.75) is 44.7 Å². The standard InChI is InChI=1S/C14H24N4O/c1-4-18-12(7-10-16-18)13(19)15-11-14(17(2)3)8-5-6-9-14/h7,10H,4-6,8-9,11H2,1-3H3,(H,15,19). The average molecular weight is 264 g/mol. The van der Waals surface area contributed by atoms with Crippen LogP contribution in [0.5, 0.6) is 0 Å². The zero-order chi connectivity index (χ0) is 13.9. The van der Waals surface area contributed by atoms with Gasteiger partial charge < -0.3 is 10.2 Å². The summed E-state index contributed by atoms with van der Waals surface area (Å²) in [6, 6.07) is 1.77. The lowest BCUT2D eigenvalue weighted by atomic mass is 9.96. The molecule has 19 heavy (non-hydrogen) atoms. The van der Waals surface area contributed by atoms with Gasteiger partial charge in [0.2, 0.25) is 0 Å². The highest BCUT2D eigenvalue weighted by molar-refractivity contribution is 5.92. The second-order valence-electron chi connectivity index (χ2n) is 5.54. The Morgan fingerprint density at radius 2 is 2.16 bits per heavy atom. The summed E-state index contributed by atoms with van der Waals surface area (Å²) in [6.45, 7) is 3.42. The van der Waals surface area contributed by atoms with Gasteiger partial charge in [-0.2, -0.15) is 5.10 Å². The number of hydrogen-bond acceptors (Lipinski definition) is 3. The first kappa shape index (κ1) is 14.1. The Balaban J connectivity index is 2.00. The molecule has 1 saturated carbocycles. The monoisotopic (exact) mass is 264 g/mol. The van der Waals surface area contributed by atoms with E-state index in [0.717, 1.165) is 12.8 Å². The maximum Gasteiger partial charge on any atom is 0.269 e. The molecule has 0 bridgehead atoms. The average Bonchev–Trinajstić information content (AvgIpc) is 3.05. The van der Waals surface area contributed by atoms with Crippen molar-refractivity contribution in [2.24, 2.45) is 0 Å². The summed E-state index contributed by atoms with van der Waals surface area (Å²) >= 11 is 0. The number of carbonyl (C=O) groups excluding carboxylic acids is 1. The molecule has 1 aromatic rings. The van der Waals surface area contributed by atoms with E-state index in [9.17, 15) is 4.79 Å². The topological polar surface area (TPSA) is 50.2 Å². The lowest BCUT2D eigenvalue weighted by molar-refractivity contribution is 0.0889. The van der Waals surface area contributed by atoms with Gasteiger partial charge in [0.1, 0.15) is 5.69 Å². The van der Waals surface area contributed by atoms with Crippen LogP contribution in [0, 0.1) is 0 Å². The van der Waals surface area contributed by atoms with Gasteiger partial charge in [0.15, 0.2) is 0 Å². The van der Waals surface area contributed by atoms with Crippen LogP contribution in [-0.4, -0.2) is 46.8 Å². The second kappa shape index (κ2) is 5.74. The Labute approximate surface area is 115 Å². The first-order valence-corrected chi connectivity index (χ1v) is 7.06. The predicted molar refractivity (Wildman–Crippen MR) is 75.1 cm³/mol. The Morgan fingerprint density at radius 3 is 2.74 bits per heavy atom. The number of amides is 1. The zero-order valence-corrected chi connectivity index (χ0v) is 12.1. The van der Waals surface area contributed by atoms with E-state index in [-0.39, 0.29) is 11.4 Å². The van der Waals surface area contributed by atoms with Gasteiger partial charge in [-0.25, -0.2) is 0 Å². The van der Waals surface area contributed by atoms with Gasteiger partial charge in [-0.05, 0) is 39.9 Å². The van der Waals surface area contributed by atoms with Crippen molar-refractivity contribution in [3.63, 3.8) is 0 Å². The van der Waals surface area contributed by atoms with Gasteiger partial charge in [0.05, 0.1) is 0 Å². The van der Waals surface area contributed by atoms with E-state index in [1.807, 2.05) is 6.92 Å². The molecular formula is C14H24N4O. The third-order valence-electron chi connectivity index (χ3n) is 4.31. The Kier molecular flexibility index (Phi) is 4.24. The van der Waals surface area contributed by atoms with Crippen molar-refractivity contribution in [2.75, 3.05) is 20.6 Å². The predicted octanol–water partition coefficient (Wildman–Crippen LogP) is 1.51. The lowest BCUT2D eigenvalue weighted by Gasteiger charge is -2.36. The van der Waals surface area contributed by atoms with Crippen LogP contribution in [0.15, 0.2) is 12.3 Å². The molecule has 0 saturated heterocycles. The summed E-state index contributed by atoms with van der Waals surface area (Å²) < 4.78 is 1.73. The minimum Gasteiger partial charge on any atom is -0.349 e. The molecule has 0 atom stereocenters. The molecule has 0 aliphatic heterocycles. The largest absolute Gasteiger partial charge is 0.349 e. The van der Waals surface area contributed by atoms with E-state index in [0.29, 0.717) is 18.8 Å². The van der Waals surface area contributed by atoms with Gasteiger partial charge in [0.25, 0.3) is 5.91 Å². The maximum atomic E-state index is 12.2. The fourth-order valence-corrected chi connectivity index (χ4v) is 2.93. The molecule has 0 unspecified atom stereocenters. The molecule has 1 N–H and O–H groups in total. The van der Waals surface area contributed by atoms with Crippen LogP contribution in [0.2, 0.25) is 0 Å². The van der Waals surface area contributed by atoms with Crippen molar-refractivity contribution in [3.05, 3.63) is 18.0 Å². The van der Waals surface area contributed by atoms with E-state index >= 15 is 0 Å². The van der Waals surface area contributed by atoms with E-state index in [4.69, 9.17) is 0 Å². The van der Waals surface area contributed by atoms with Gasteiger partial charge in [-0.3, -0.25) is 9.48 Å². The summed E-state index contributed by atoms with van der Waals surface area (Å²) in [4.78, 5) is 14.5. The second-order valence-corrected chi connectivity index (χ2v) is 5.54. The van der Waals surface area contributed by atoms with Crippen molar-refractivity contribution < 1.29 is 4.79 Å². The quantitative estimate of drug-likeness (QED) is 0.877. The van der Waals surface area contributed by atoms with Crippen LogP contribution in [0.25, 0.3) is 0 Å². The van der Waals surface area contributed by atoms with Crippen molar-refractivity contribution >= 4 is 5.91 Å². The number of nitrogens with zero attached hydrogens (tertiary/aromatic N) is 3. The molecule has 1 aliphatic carbocycles. The molecule has 0 spiro atoms. The highest BCUT2D eigenvalue weighted by atomic mass is 16.2. The van der Waals surface area contributed by atoms with E-state index in [1.165, 1.54) is 12.8 Å². The molecule has 1 aliphatic rings. The van der Waals surface area contributed by atoms with Gasteiger partial charge in [-0.15, -0.1) is 0 Å². The van der Waals surface area contributed by atoms with Crippen LogP contribution >= 0.6 is 0 Å². The Bertz CT molecular complexity index is 432. The Hall–Kier alpha value is -1.36. The molecule has 1 fully saturated rings. The first-order chi connectivity index (χ1) is 9.09. The molecule has 0 aromatic carbocycles. The van der Waals surface area contributed by atoms with Crippen molar-refractivity contribution in [3.8, 4) is 0 Å². The third-order valence-corrected chi connectivity index (χ3v) is 4.31. The zero-order valence-electron chi connectivity index (χ0n) is 12.1. The lowest BCUT2D eigenvalue weighted by Crippen LogP contribution is -2.51. The van der Waals surface area contributed by atoms with Crippen LogP contribution < -0.4 is 5.32 Å². The van der Waals surface area contributed by atoms with Gasteiger partial charge >= 0.3 is 0 Å². The van der Waals surface area contributed by atoms with Gasteiger partial charge in [0, 0.05) is 24.8 Å². The number of nitrogens with one attached hydrogen (secondary N) is 1. The number of rotatable bonds is 5. The molecule has 1 amide bonds. The minimum atomic E-state index is -0.0209. The number of aryl methyl sites for hydroxylation is 1. The summed E-state index contributed by atoms with van der Waals surface area (Å²) in [5.41, 5.74) is 0.779. The fourth-order valence-electron chi connectivity index (χ4n) is 2.93. The summed E-state index contributed by atoms with van der Waals surface area (Å²) in [5.74, 6) is -0.0209. The number of carbonyl (C=O) groups is 1. The first-order valence-electron chi connectivity index (χ1n) is 7.06. The molecule has 1 heterocycles. The summed E-state index contributed by atoms with van der Waals surface area (Å²) in [7, 11) is 4.21. The third kappa shape index (κ3) is 2.81.